The van der Waals surface area contributed by atoms with E-state index in [0.717, 1.165) is 5.69 Å². The van der Waals surface area contributed by atoms with Gasteiger partial charge in [-0.2, -0.15) is 0 Å². The second-order valence-electron chi connectivity index (χ2n) is 7.04. The molecular formula is C23H21N5O3S. The molecule has 1 aliphatic heterocycles. The molecule has 3 amide bonds. The zero-order valence-electron chi connectivity index (χ0n) is 17.3. The van der Waals surface area contributed by atoms with E-state index in [2.05, 4.69) is 15.6 Å². The van der Waals surface area contributed by atoms with Gasteiger partial charge in [-0.3, -0.25) is 9.69 Å². The van der Waals surface area contributed by atoms with Crippen molar-refractivity contribution in [1.82, 2.24) is 9.88 Å². The van der Waals surface area contributed by atoms with Gasteiger partial charge in [0, 0.05) is 37.5 Å². The van der Waals surface area contributed by atoms with E-state index in [1.165, 1.54) is 13.1 Å². The summed E-state index contributed by atoms with van der Waals surface area (Å²) in [5, 5.41) is 5.94. The molecule has 4 rings (SSSR count). The van der Waals surface area contributed by atoms with Crippen molar-refractivity contribution in [2.24, 2.45) is 0 Å². The number of nitrogens with one attached hydrogen (secondary N) is 2. The quantitative estimate of drug-likeness (QED) is 0.561. The van der Waals surface area contributed by atoms with E-state index in [1.807, 2.05) is 35.2 Å². The van der Waals surface area contributed by atoms with E-state index >= 15 is 0 Å². The summed E-state index contributed by atoms with van der Waals surface area (Å²) in [6.07, 6.45) is 1.51. The number of hydrogen-bond donors (Lipinski definition) is 2. The van der Waals surface area contributed by atoms with Crippen molar-refractivity contribution < 1.29 is 14.3 Å². The second kappa shape index (κ2) is 9.44. The van der Waals surface area contributed by atoms with E-state index in [9.17, 15) is 9.59 Å². The Kier molecular flexibility index (Phi) is 6.27. The van der Waals surface area contributed by atoms with Crippen LogP contribution in [0.4, 0.5) is 22.0 Å². The highest BCUT2D eigenvalue weighted by molar-refractivity contribution is 7.80. The van der Waals surface area contributed by atoms with Crippen LogP contribution in [-0.4, -0.2) is 40.0 Å². The number of ether oxygens (including phenoxy) is 1. The fourth-order valence-electron chi connectivity index (χ4n) is 3.23. The molecule has 0 spiro atoms. The first-order chi connectivity index (χ1) is 15.5. The number of benzene rings is 2. The number of rotatable bonds is 5. The van der Waals surface area contributed by atoms with Crippen molar-refractivity contribution in [2.75, 3.05) is 28.6 Å². The number of aromatic nitrogens is 1. The summed E-state index contributed by atoms with van der Waals surface area (Å²) in [7, 11) is 0. The molecule has 1 aromatic heterocycles. The lowest BCUT2D eigenvalue weighted by molar-refractivity contribution is -0.114. The molecule has 0 saturated carbocycles. The average molecular weight is 448 g/mol. The Hall–Kier alpha value is -3.98. The van der Waals surface area contributed by atoms with E-state index in [0.29, 0.717) is 41.2 Å². The topological polar surface area (TPSA) is 86.8 Å². The van der Waals surface area contributed by atoms with Crippen LogP contribution < -0.4 is 20.3 Å². The molecule has 162 valence electrons. The van der Waals surface area contributed by atoms with Gasteiger partial charge in [-0.15, -0.1) is 0 Å². The predicted molar refractivity (Wildman–Crippen MR) is 127 cm³/mol. The molecule has 1 aliphatic rings. The summed E-state index contributed by atoms with van der Waals surface area (Å²) >= 11 is 5.52. The maximum absolute atomic E-state index is 12.8. The van der Waals surface area contributed by atoms with Crippen LogP contribution in [0, 0.1) is 0 Å². The van der Waals surface area contributed by atoms with Gasteiger partial charge in [0.2, 0.25) is 5.91 Å². The highest BCUT2D eigenvalue weighted by Crippen LogP contribution is 2.25. The van der Waals surface area contributed by atoms with Crippen LogP contribution in [0.25, 0.3) is 0 Å². The average Bonchev–Trinajstić information content (AvgIpc) is 3.17. The monoisotopic (exact) mass is 447 g/mol. The third-order valence-corrected chi connectivity index (χ3v) is 5.12. The molecule has 2 heterocycles. The van der Waals surface area contributed by atoms with Gasteiger partial charge in [0.15, 0.2) is 5.11 Å². The minimum Gasteiger partial charge on any atom is -0.456 e. The Balaban J connectivity index is 1.39. The lowest BCUT2D eigenvalue weighted by Crippen LogP contribution is -2.38. The zero-order chi connectivity index (χ0) is 22.5. The van der Waals surface area contributed by atoms with Crippen molar-refractivity contribution in [3.8, 4) is 11.5 Å². The highest BCUT2D eigenvalue weighted by Gasteiger charge is 2.30. The third-order valence-electron chi connectivity index (χ3n) is 4.68. The molecule has 9 heteroatoms. The molecule has 32 heavy (non-hydrogen) atoms. The summed E-state index contributed by atoms with van der Waals surface area (Å²) in [6.45, 7) is 2.56. The molecule has 2 aromatic carbocycles. The molecule has 2 N–H and O–H groups in total. The van der Waals surface area contributed by atoms with Gasteiger partial charge in [0.05, 0.1) is 6.20 Å². The minimum atomic E-state index is -0.299. The number of para-hydroxylation sites is 1. The summed E-state index contributed by atoms with van der Waals surface area (Å²) in [4.78, 5) is 31.5. The predicted octanol–water partition coefficient (Wildman–Crippen LogP) is 4.47. The van der Waals surface area contributed by atoms with E-state index in [4.69, 9.17) is 17.0 Å². The second-order valence-corrected chi connectivity index (χ2v) is 7.41. The first-order valence-corrected chi connectivity index (χ1v) is 10.4. The van der Waals surface area contributed by atoms with Crippen LogP contribution in [0.3, 0.4) is 0 Å². The third kappa shape index (κ3) is 5.01. The molecule has 0 aliphatic carbocycles. The Morgan fingerprint density at radius 2 is 1.78 bits per heavy atom. The molecule has 8 nitrogen and oxygen atoms in total. The van der Waals surface area contributed by atoms with Crippen molar-refractivity contribution in [2.45, 2.75) is 6.92 Å². The number of carbonyl (C=O) groups excluding carboxylic acids is 2. The van der Waals surface area contributed by atoms with E-state index in [-0.39, 0.29) is 11.9 Å². The Bertz CT molecular complexity index is 1140. The largest absolute Gasteiger partial charge is 0.456 e. The minimum absolute atomic E-state index is 0.195. The summed E-state index contributed by atoms with van der Waals surface area (Å²) in [5.41, 5.74) is 1.54. The number of pyridine rings is 1. The fourth-order valence-corrected chi connectivity index (χ4v) is 3.60. The maximum Gasteiger partial charge on any atom is 0.328 e. The number of nitrogens with zero attached hydrogens (tertiary/aromatic N) is 3. The van der Waals surface area contributed by atoms with Gasteiger partial charge in [0.25, 0.3) is 0 Å². The van der Waals surface area contributed by atoms with Crippen LogP contribution in [-0.2, 0) is 4.79 Å². The van der Waals surface area contributed by atoms with Gasteiger partial charge in [-0.1, -0.05) is 24.3 Å². The Labute approximate surface area is 190 Å². The number of amides is 3. The maximum atomic E-state index is 12.8. The van der Waals surface area contributed by atoms with Crippen molar-refractivity contribution in [3.05, 3.63) is 72.9 Å². The Morgan fingerprint density at radius 1 is 0.969 bits per heavy atom. The zero-order valence-corrected chi connectivity index (χ0v) is 18.1. The van der Waals surface area contributed by atoms with Gasteiger partial charge < -0.3 is 20.3 Å². The van der Waals surface area contributed by atoms with Crippen LogP contribution in [0.2, 0.25) is 0 Å². The first-order valence-electron chi connectivity index (χ1n) is 9.96. The molecule has 0 atom stereocenters. The lowest BCUT2D eigenvalue weighted by Gasteiger charge is -2.21. The number of carbonyl (C=O) groups is 2. The van der Waals surface area contributed by atoms with Gasteiger partial charge in [-0.25, -0.2) is 9.78 Å². The smallest absolute Gasteiger partial charge is 0.328 e. The van der Waals surface area contributed by atoms with Crippen molar-refractivity contribution in [3.63, 3.8) is 0 Å². The van der Waals surface area contributed by atoms with Gasteiger partial charge in [-0.05, 0) is 48.6 Å². The highest BCUT2D eigenvalue weighted by atomic mass is 32.1. The summed E-state index contributed by atoms with van der Waals surface area (Å²) in [6, 6.07) is 19.8. The molecule has 1 fully saturated rings. The lowest BCUT2D eigenvalue weighted by atomic mass is 10.3. The van der Waals surface area contributed by atoms with Crippen LogP contribution in [0.5, 0.6) is 11.5 Å². The normalized spacial score (nSPS) is 13.1. The number of hydrogen-bond acceptors (Lipinski definition) is 5. The first kappa shape index (κ1) is 21.3. The fraction of sp³-hybridized carbons (Fsp3) is 0.130. The van der Waals surface area contributed by atoms with E-state index < -0.39 is 0 Å². The Morgan fingerprint density at radius 3 is 2.50 bits per heavy atom. The SMILES string of the molecule is CC(=O)Nc1ccc(Oc2cccc(NC(=O)N3CCN(c4ccccc4)C3=S)c2)cn1. The van der Waals surface area contributed by atoms with Gasteiger partial charge in [0.1, 0.15) is 17.3 Å². The van der Waals surface area contributed by atoms with Crippen LogP contribution in [0.15, 0.2) is 72.9 Å². The van der Waals surface area contributed by atoms with E-state index in [1.54, 1.807) is 41.3 Å². The molecule has 0 unspecified atom stereocenters. The molecule has 0 bridgehead atoms. The molecular weight excluding hydrogens is 426 g/mol. The van der Waals surface area contributed by atoms with Gasteiger partial charge >= 0.3 is 6.03 Å². The molecule has 0 radical (unpaired) electrons. The number of anilines is 3. The molecule has 3 aromatic rings. The number of urea groups is 1. The number of thiocarbonyl (C=S) groups is 1. The summed E-state index contributed by atoms with van der Waals surface area (Å²) < 4.78 is 5.81. The van der Waals surface area contributed by atoms with Crippen LogP contribution in [0.1, 0.15) is 6.92 Å². The van der Waals surface area contributed by atoms with Crippen LogP contribution >= 0.6 is 12.2 Å². The molecule has 1 saturated heterocycles. The van der Waals surface area contributed by atoms with Crippen molar-refractivity contribution in [1.29, 1.82) is 0 Å². The van der Waals surface area contributed by atoms with Crippen molar-refractivity contribution >= 4 is 46.5 Å². The summed E-state index contributed by atoms with van der Waals surface area (Å²) in [5.74, 6) is 1.28. The standard InChI is InChI=1S/C23H21N5O3S/c1-16(29)25-21-11-10-20(15-24-21)31-19-9-5-6-17(14-19)26-22(30)28-13-12-27(23(28)32)18-7-3-2-4-8-18/h2-11,14-15H,12-13H2,1H3,(H,26,30)(H,24,25,29).